The Bertz CT molecular complexity index is 880. The van der Waals surface area contributed by atoms with E-state index >= 15 is 0 Å². The molecule has 2 rings (SSSR count). The Morgan fingerprint density at radius 2 is 1.74 bits per heavy atom. The Balaban J connectivity index is 2.13. The molecule has 0 unspecified atom stereocenters. The van der Waals surface area contributed by atoms with E-state index in [1.165, 1.54) is 0 Å². The van der Waals surface area contributed by atoms with Crippen LogP contribution in [0.4, 0.5) is 0 Å². The van der Waals surface area contributed by atoms with Gasteiger partial charge >= 0.3 is 0 Å². The van der Waals surface area contributed by atoms with Crippen molar-refractivity contribution in [1.82, 2.24) is 10.2 Å². The fraction of sp³-hybridized carbons (Fsp3) is 0.462. The number of carbonyl (C=O) groups excluding carboxylic acids is 2. The maximum absolute atomic E-state index is 13.1. The molecule has 5 heteroatoms. The van der Waals surface area contributed by atoms with Crippen molar-refractivity contribution in [3.8, 4) is 5.75 Å². The minimum absolute atomic E-state index is 0.0650. The lowest BCUT2D eigenvalue weighted by Gasteiger charge is -2.29. The fourth-order valence-electron chi connectivity index (χ4n) is 3.41. The van der Waals surface area contributed by atoms with E-state index in [1.807, 2.05) is 71.0 Å². The molecular weight excluding hydrogens is 388 g/mol. The van der Waals surface area contributed by atoms with Gasteiger partial charge < -0.3 is 15.0 Å². The van der Waals surface area contributed by atoms with E-state index in [4.69, 9.17) is 4.74 Å². The Kier molecular flexibility index (Phi) is 9.10. The zero-order valence-corrected chi connectivity index (χ0v) is 19.7. The number of hydrogen-bond acceptors (Lipinski definition) is 3. The monoisotopic (exact) mass is 424 g/mol. The summed E-state index contributed by atoms with van der Waals surface area (Å²) >= 11 is 0. The van der Waals surface area contributed by atoms with E-state index in [1.54, 1.807) is 11.8 Å². The molecule has 168 valence electrons. The highest BCUT2D eigenvalue weighted by molar-refractivity contribution is 5.88. The van der Waals surface area contributed by atoms with Gasteiger partial charge in [0.15, 0.2) is 6.61 Å². The molecule has 0 radical (unpaired) electrons. The quantitative estimate of drug-likeness (QED) is 0.616. The predicted octanol–water partition coefficient (Wildman–Crippen LogP) is 4.37. The molecule has 0 aliphatic heterocycles. The van der Waals surface area contributed by atoms with Gasteiger partial charge in [-0.15, -0.1) is 0 Å². The lowest BCUT2D eigenvalue weighted by molar-refractivity contribution is -0.141. The molecule has 0 spiro atoms. The second-order valence-electron chi connectivity index (χ2n) is 8.31. The number of ether oxygens (including phenoxy) is 1. The molecular formula is C26H36N2O3. The molecule has 0 aliphatic rings. The molecule has 2 atom stereocenters. The Labute approximate surface area is 186 Å². The summed E-state index contributed by atoms with van der Waals surface area (Å²) in [5, 5.41) is 2.99. The standard InChI is InChI=1S/C26H36N2O3/c1-7-20(4)27-26(30)22(6)28(14-13-23-11-9-8-10-12-23)25(29)17-31-24-16-18(2)15-19(3)21(24)5/h8-12,15-16,20,22H,7,13-14,17H2,1-6H3,(H,27,30)/t20-,22-/m1/s1. The molecule has 2 amide bonds. The largest absolute Gasteiger partial charge is 0.483 e. The van der Waals surface area contributed by atoms with E-state index in [-0.39, 0.29) is 24.5 Å². The molecule has 1 N–H and O–H groups in total. The van der Waals surface area contributed by atoms with Crippen LogP contribution in [0.15, 0.2) is 42.5 Å². The van der Waals surface area contributed by atoms with Crippen molar-refractivity contribution in [2.24, 2.45) is 0 Å². The maximum Gasteiger partial charge on any atom is 0.261 e. The van der Waals surface area contributed by atoms with E-state index in [0.29, 0.717) is 18.7 Å². The van der Waals surface area contributed by atoms with Crippen molar-refractivity contribution in [2.45, 2.75) is 66.5 Å². The van der Waals surface area contributed by atoms with Gasteiger partial charge in [0.1, 0.15) is 11.8 Å². The normalized spacial score (nSPS) is 12.7. The molecule has 2 aromatic rings. The first-order valence-electron chi connectivity index (χ1n) is 11.1. The minimum Gasteiger partial charge on any atom is -0.483 e. The summed E-state index contributed by atoms with van der Waals surface area (Å²) in [6.07, 6.45) is 1.52. The first kappa shape index (κ1) is 24.4. The molecule has 0 bridgehead atoms. The van der Waals surface area contributed by atoms with Gasteiger partial charge in [0.25, 0.3) is 5.91 Å². The molecule has 31 heavy (non-hydrogen) atoms. The summed E-state index contributed by atoms with van der Waals surface area (Å²) in [5.41, 5.74) is 4.37. The highest BCUT2D eigenvalue weighted by Gasteiger charge is 2.27. The average Bonchev–Trinajstić information content (AvgIpc) is 2.75. The van der Waals surface area contributed by atoms with Crippen LogP contribution in [0.1, 0.15) is 49.4 Å². The predicted molar refractivity (Wildman–Crippen MR) is 125 cm³/mol. The summed E-state index contributed by atoms with van der Waals surface area (Å²) in [6, 6.07) is 13.5. The van der Waals surface area contributed by atoms with Crippen LogP contribution >= 0.6 is 0 Å². The fourth-order valence-corrected chi connectivity index (χ4v) is 3.41. The second kappa shape index (κ2) is 11.5. The van der Waals surface area contributed by atoms with Gasteiger partial charge in [0.05, 0.1) is 0 Å². The number of aryl methyl sites for hydroxylation is 2. The number of rotatable bonds is 10. The molecule has 0 fully saturated rings. The number of hydrogen-bond donors (Lipinski definition) is 1. The zero-order valence-electron chi connectivity index (χ0n) is 19.7. The maximum atomic E-state index is 13.1. The number of nitrogens with one attached hydrogen (secondary N) is 1. The third-order valence-corrected chi connectivity index (χ3v) is 5.77. The third kappa shape index (κ3) is 7.12. The SMILES string of the molecule is CC[C@@H](C)NC(=O)[C@@H](C)N(CCc1ccccc1)C(=O)COc1cc(C)cc(C)c1C. The van der Waals surface area contributed by atoms with Crippen LogP contribution in [0.3, 0.4) is 0 Å². The lowest BCUT2D eigenvalue weighted by Crippen LogP contribution is -2.51. The van der Waals surface area contributed by atoms with Crippen molar-refractivity contribution in [3.63, 3.8) is 0 Å². The Morgan fingerprint density at radius 3 is 2.39 bits per heavy atom. The highest BCUT2D eigenvalue weighted by atomic mass is 16.5. The van der Waals surface area contributed by atoms with Crippen LogP contribution in [0.25, 0.3) is 0 Å². The zero-order chi connectivity index (χ0) is 23.0. The van der Waals surface area contributed by atoms with Gasteiger partial charge in [0.2, 0.25) is 5.91 Å². The summed E-state index contributed by atoms with van der Waals surface area (Å²) in [5.74, 6) is 0.380. The Hall–Kier alpha value is -2.82. The number of amides is 2. The first-order chi connectivity index (χ1) is 14.7. The smallest absolute Gasteiger partial charge is 0.261 e. The minimum atomic E-state index is -0.575. The lowest BCUT2D eigenvalue weighted by atomic mass is 10.1. The van der Waals surface area contributed by atoms with Crippen LogP contribution in [-0.2, 0) is 16.0 Å². The average molecular weight is 425 g/mol. The van der Waals surface area contributed by atoms with Crippen molar-refractivity contribution in [3.05, 3.63) is 64.7 Å². The topological polar surface area (TPSA) is 58.6 Å². The molecule has 5 nitrogen and oxygen atoms in total. The van der Waals surface area contributed by atoms with Gasteiger partial charge in [-0.2, -0.15) is 0 Å². The first-order valence-corrected chi connectivity index (χ1v) is 11.1. The van der Waals surface area contributed by atoms with Crippen LogP contribution in [-0.4, -0.2) is 41.9 Å². The van der Waals surface area contributed by atoms with E-state index in [9.17, 15) is 9.59 Å². The van der Waals surface area contributed by atoms with E-state index in [2.05, 4.69) is 11.4 Å². The number of nitrogens with zero attached hydrogens (tertiary/aromatic N) is 1. The van der Waals surface area contributed by atoms with Crippen molar-refractivity contribution >= 4 is 11.8 Å². The van der Waals surface area contributed by atoms with Gasteiger partial charge in [0, 0.05) is 12.6 Å². The van der Waals surface area contributed by atoms with Crippen molar-refractivity contribution in [2.75, 3.05) is 13.2 Å². The van der Waals surface area contributed by atoms with Crippen molar-refractivity contribution in [1.29, 1.82) is 0 Å². The van der Waals surface area contributed by atoms with Crippen LogP contribution < -0.4 is 10.1 Å². The highest BCUT2D eigenvalue weighted by Crippen LogP contribution is 2.23. The molecule has 0 saturated heterocycles. The summed E-state index contributed by atoms with van der Waals surface area (Å²) in [4.78, 5) is 27.5. The van der Waals surface area contributed by atoms with E-state index < -0.39 is 6.04 Å². The van der Waals surface area contributed by atoms with Gasteiger partial charge in [-0.1, -0.05) is 43.3 Å². The summed E-state index contributed by atoms with van der Waals surface area (Å²) in [7, 11) is 0. The third-order valence-electron chi connectivity index (χ3n) is 5.77. The summed E-state index contributed by atoms with van der Waals surface area (Å²) < 4.78 is 5.90. The molecule has 0 aromatic heterocycles. The van der Waals surface area contributed by atoms with Crippen LogP contribution in [0.5, 0.6) is 5.75 Å². The van der Waals surface area contributed by atoms with Gasteiger partial charge in [-0.3, -0.25) is 9.59 Å². The Morgan fingerprint density at radius 1 is 1.06 bits per heavy atom. The number of carbonyl (C=O) groups is 2. The van der Waals surface area contributed by atoms with Gasteiger partial charge in [-0.05, 0) is 75.8 Å². The molecule has 0 aliphatic carbocycles. The molecule has 2 aromatic carbocycles. The van der Waals surface area contributed by atoms with Gasteiger partial charge in [-0.25, -0.2) is 0 Å². The molecule has 0 heterocycles. The van der Waals surface area contributed by atoms with Crippen LogP contribution in [0.2, 0.25) is 0 Å². The van der Waals surface area contributed by atoms with E-state index in [0.717, 1.165) is 28.7 Å². The van der Waals surface area contributed by atoms with Crippen LogP contribution in [0, 0.1) is 20.8 Å². The van der Waals surface area contributed by atoms with Crippen molar-refractivity contribution < 1.29 is 14.3 Å². The second-order valence-corrected chi connectivity index (χ2v) is 8.31. The number of benzene rings is 2. The molecule has 0 saturated carbocycles. The summed E-state index contributed by atoms with van der Waals surface area (Å²) in [6.45, 7) is 12.2.